The first-order valence-electron chi connectivity index (χ1n) is 7.51. The molecule has 0 aliphatic carbocycles. The summed E-state index contributed by atoms with van der Waals surface area (Å²) >= 11 is 0. The van der Waals surface area contributed by atoms with Crippen LogP contribution in [0.25, 0.3) is 10.8 Å². The van der Waals surface area contributed by atoms with E-state index < -0.39 is 10.0 Å². The van der Waals surface area contributed by atoms with Gasteiger partial charge < -0.3 is 4.90 Å². The maximum atomic E-state index is 13.0. The SMILES string of the molecule is CCN(C(C)C)S(=O)(=O)c1cccc2c(N(C)C)cccc12. The molecule has 0 saturated heterocycles. The van der Waals surface area contributed by atoms with E-state index in [0.717, 1.165) is 16.5 Å². The number of benzene rings is 2. The van der Waals surface area contributed by atoms with Crippen LogP contribution in [-0.2, 0) is 10.0 Å². The molecule has 2 aromatic carbocycles. The van der Waals surface area contributed by atoms with E-state index in [2.05, 4.69) is 0 Å². The maximum Gasteiger partial charge on any atom is 0.243 e. The maximum absolute atomic E-state index is 13.0. The molecule has 120 valence electrons. The van der Waals surface area contributed by atoms with Crippen LogP contribution in [0.2, 0.25) is 0 Å². The second kappa shape index (κ2) is 6.26. The molecule has 0 aromatic heterocycles. The van der Waals surface area contributed by atoms with Crippen molar-refractivity contribution in [2.24, 2.45) is 0 Å². The van der Waals surface area contributed by atoms with Crippen LogP contribution in [0, 0.1) is 0 Å². The molecule has 0 saturated carbocycles. The van der Waals surface area contributed by atoms with Crippen molar-refractivity contribution >= 4 is 26.5 Å². The molecule has 0 heterocycles. The molecule has 2 rings (SSSR count). The molecule has 2 aromatic rings. The van der Waals surface area contributed by atoms with E-state index >= 15 is 0 Å². The van der Waals surface area contributed by atoms with Gasteiger partial charge in [-0.15, -0.1) is 0 Å². The lowest BCUT2D eigenvalue weighted by Crippen LogP contribution is -2.36. The Balaban J connectivity index is 2.74. The van der Waals surface area contributed by atoms with Gasteiger partial charge in [-0.3, -0.25) is 0 Å². The Bertz CT molecular complexity index is 767. The zero-order valence-electron chi connectivity index (χ0n) is 13.9. The van der Waals surface area contributed by atoms with Gasteiger partial charge in [0, 0.05) is 43.1 Å². The lowest BCUT2D eigenvalue weighted by Gasteiger charge is -2.25. The molecular weight excluding hydrogens is 296 g/mol. The fraction of sp³-hybridized carbons (Fsp3) is 0.412. The molecule has 0 spiro atoms. The number of hydrogen-bond donors (Lipinski definition) is 0. The molecule has 0 N–H and O–H groups in total. The summed E-state index contributed by atoms with van der Waals surface area (Å²) in [6, 6.07) is 11.2. The van der Waals surface area contributed by atoms with E-state index in [9.17, 15) is 8.42 Å². The minimum absolute atomic E-state index is 0.0673. The zero-order valence-corrected chi connectivity index (χ0v) is 14.7. The van der Waals surface area contributed by atoms with Gasteiger partial charge in [0.25, 0.3) is 0 Å². The summed E-state index contributed by atoms with van der Waals surface area (Å²) in [5.74, 6) is 0. The van der Waals surface area contributed by atoms with Crippen molar-refractivity contribution in [1.29, 1.82) is 0 Å². The number of anilines is 1. The minimum Gasteiger partial charge on any atom is -0.377 e. The smallest absolute Gasteiger partial charge is 0.243 e. The minimum atomic E-state index is -3.50. The van der Waals surface area contributed by atoms with E-state index in [1.807, 2.05) is 70.1 Å². The first kappa shape index (κ1) is 16.8. The normalized spacial score (nSPS) is 12.3. The highest BCUT2D eigenvalue weighted by atomic mass is 32.2. The Labute approximate surface area is 133 Å². The van der Waals surface area contributed by atoms with Crippen LogP contribution in [-0.4, -0.2) is 39.4 Å². The molecule has 5 heteroatoms. The van der Waals surface area contributed by atoms with Crippen molar-refractivity contribution in [2.45, 2.75) is 31.7 Å². The average molecular weight is 320 g/mol. The van der Waals surface area contributed by atoms with Crippen molar-refractivity contribution in [3.8, 4) is 0 Å². The van der Waals surface area contributed by atoms with Gasteiger partial charge in [-0.25, -0.2) is 8.42 Å². The van der Waals surface area contributed by atoms with Crippen molar-refractivity contribution in [1.82, 2.24) is 4.31 Å². The molecule has 0 aliphatic heterocycles. The Morgan fingerprint density at radius 3 is 2.14 bits per heavy atom. The van der Waals surface area contributed by atoms with Gasteiger partial charge in [0.1, 0.15) is 0 Å². The van der Waals surface area contributed by atoms with Crippen LogP contribution in [0.5, 0.6) is 0 Å². The Hall–Kier alpha value is -1.59. The number of fused-ring (bicyclic) bond motifs is 1. The van der Waals surface area contributed by atoms with Crippen LogP contribution in [0.3, 0.4) is 0 Å². The van der Waals surface area contributed by atoms with Gasteiger partial charge in [0.15, 0.2) is 0 Å². The summed E-state index contributed by atoms with van der Waals surface area (Å²) in [4.78, 5) is 2.38. The molecule has 0 atom stereocenters. The predicted molar refractivity (Wildman–Crippen MR) is 93.0 cm³/mol. The highest BCUT2D eigenvalue weighted by Crippen LogP contribution is 2.32. The number of rotatable bonds is 5. The number of hydrogen-bond acceptors (Lipinski definition) is 3. The Morgan fingerprint density at radius 1 is 1.00 bits per heavy atom. The van der Waals surface area contributed by atoms with E-state index in [-0.39, 0.29) is 6.04 Å². The van der Waals surface area contributed by atoms with E-state index in [1.165, 1.54) is 4.31 Å². The molecule has 0 unspecified atom stereocenters. The van der Waals surface area contributed by atoms with Crippen molar-refractivity contribution in [3.63, 3.8) is 0 Å². The summed E-state index contributed by atoms with van der Waals surface area (Å²) in [5.41, 5.74) is 1.02. The topological polar surface area (TPSA) is 40.6 Å². The Morgan fingerprint density at radius 2 is 1.59 bits per heavy atom. The van der Waals surface area contributed by atoms with Gasteiger partial charge in [0.2, 0.25) is 10.0 Å². The van der Waals surface area contributed by atoms with Crippen LogP contribution in [0.1, 0.15) is 20.8 Å². The molecule has 0 radical (unpaired) electrons. The van der Waals surface area contributed by atoms with Crippen LogP contribution in [0.4, 0.5) is 5.69 Å². The van der Waals surface area contributed by atoms with Crippen LogP contribution >= 0.6 is 0 Å². The third-order valence-electron chi connectivity index (χ3n) is 3.82. The van der Waals surface area contributed by atoms with Crippen LogP contribution < -0.4 is 4.90 Å². The fourth-order valence-electron chi connectivity index (χ4n) is 2.82. The van der Waals surface area contributed by atoms with Gasteiger partial charge >= 0.3 is 0 Å². The van der Waals surface area contributed by atoms with Gasteiger partial charge in [-0.05, 0) is 26.0 Å². The van der Waals surface area contributed by atoms with Crippen LogP contribution in [0.15, 0.2) is 41.3 Å². The Kier molecular flexibility index (Phi) is 4.78. The first-order valence-corrected chi connectivity index (χ1v) is 8.95. The molecule has 0 amide bonds. The van der Waals surface area contributed by atoms with Crippen molar-refractivity contribution in [2.75, 3.05) is 25.5 Å². The monoisotopic (exact) mass is 320 g/mol. The summed E-state index contributed by atoms with van der Waals surface area (Å²) in [7, 11) is 0.417. The number of nitrogens with zero attached hydrogens (tertiary/aromatic N) is 2. The van der Waals surface area contributed by atoms with Gasteiger partial charge in [-0.1, -0.05) is 31.2 Å². The first-order chi connectivity index (χ1) is 10.3. The summed E-state index contributed by atoms with van der Waals surface area (Å²) in [6.45, 7) is 6.13. The lowest BCUT2D eigenvalue weighted by atomic mass is 10.1. The molecule has 4 nitrogen and oxygen atoms in total. The second-order valence-electron chi connectivity index (χ2n) is 5.82. The third-order valence-corrected chi connectivity index (χ3v) is 6.02. The molecule has 22 heavy (non-hydrogen) atoms. The second-order valence-corrected chi connectivity index (χ2v) is 7.68. The summed E-state index contributed by atoms with van der Waals surface area (Å²) < 4.78 is 27.6. The molecular formula is C17H24N2O2S. The highest BCUT2D eigenvalue weighted by Gasteiger charge is 2.27. The zero-order chi connectivity index (χ0) is 16.5. The van der Waals surface area contributed by atoms with Gasteiger partial charge in [0.05, 0.1) is 4.90 Å². The summed E-state index contributed by atoms with van der Waals surface area (Å²) in [6.07, 6.45) is 0. The van der Waals surface area contributed by atoms with E-state index in [1.54, 1.807) is 6.07 Å². The van der Waals surface area contributed by atoms with E-state index in [4.69, 9.17) is 0 Å². The third kappa shape index (κ3) is 2.83. The average Bonchev–Trinajstić information content (AvgIpc) is 2.45. The van der Waals surface area contributed by atoms with E-state index in [0.29, 0.717) is 11.4 Å². The standard InChI is InChI=1S/C17H24N2O2S/c1-6-19(13(2)3)22(20,21)17-12-8-9-14-15(17)10-7-11-16(14)18(4)5/h7-13H,6H2,1-5H3. The van der Waals surface area contributed by atoms with Crippen molar-refractivity contribution in [3.05, 3.63) is 36.4 Å². The lowest BCUT2D eigenvalue weighted by molar-refractivity contribution is 0.369. The van der Waals surface area contributed by atoms with Crippen molar-refractivity contribution < 1.29 is 8.42 Å². The quantitative estimate of drug-likeness (QED) is 0.848. The largest absolute Gasteiger partial charge is 0.377 e. The molecule has 0 bridgehead atoms. The highest BCUT2D eigenvalue weighted by molar-refractivity contribution is 7.89. The summed E-state index contributed by atoms with van der Waals surface area (Å²) in [5, 5.41) is 1.72. The molecule has 0 aliphatic rings. The van der Waals surface area contributed by atoms with Gasteiger partial charge in [-0.2, -0.15) is 4.31 Å². The predicted octanol–water partition coefficient (Wildman–Crippen LogP) is 3.32. The fourth-order valence-corrected chi connectivity index (χ4v) is 4.67. The number of sulfonamides is 1. The molecule has 0 fully saturated rings.